The van der Waals surface area contributed by atoms with E-state index in [0.717, 1.165) is 12.8 Å². The van der Waals surface area contributed by atoms with Crippen molar-refractivity contribution in [2.24, 2.45) is 0 Å². The average molecular weight is 253 g/mol. The summed E-state index contributed by atoms with van der Waals surface area (Å²) in [5.74, 6) is -0.330. The standard InChI is InChI=1S/C10H15N5O3/c1-6(16)12-7-2-4-15(5-3-7)10(17)8-9(11)14-18-13-8/h7H,2-5H2,1H3,(H2,11,14)(H,12,16). The molecule has 0 aromatic carbocycles. The third-order valence-electron chi connectivity index (χ3n) is 2.91. The number of nitrogens with zero attached hydrogens (tertiary/aromatic N) is 3. The van der Waals surface area contributed by atoms with E-state index >= 15 is 0 Å². The Labute approximate surface area is 103 Å². The molecular formula is C10H15N5O3. The molecule has 0 saturated carbocycles. The number of carbonyl (C=O) groups excluding carboxylic acids is 2. The van der Waals surface area contributed by atoms with Crippen LogP contribution in [0.5, 0.6) is 0 Å². The minimum atomic E-state index is -0.282. The summed E-state index contributed by atoms with van der Waals surface area (Å²) < 4.78 is 4.40. The van der Waals surface area contributed by atoms with E-state index < -0.39 is 0 Å². The Kier molecular flexibility index (Phi) is 3.45. The zero-order chi connectivity index (χ0) is 13.1. The van der Waals surface area contributed by atoms with Gasteiger partial charge in [-0.2, -0.15) is 0 Å². The number of piperidine rings is 1. The molecule has 0 bridgehead atoms. The number of nitrogen functional groups attached to an aromatic ring is 1. The molecule has 1 aromatic rings. The van der Waals surface area contributed by atoms with Gasteiger partial charge in [0, 0.05) is 26.1 Å². The molecule has 2 heterocycles. The summed E-state index contributed by atoms with van der Waals surface area (Å²) in [6, 6.07) is 0.124. The third-order valence-corrected chi connectivity index (χ3v) is 2.91. The molecule has 3 N–H and O–H groups in total. The predicted octanol–water partition coefficient (Wildman–Crippen LogP) is -0.607. The maximum absolute atomic E-state index is 12.0. The molecule has 1 fully saturated rings. The highest BCUT2D eigenvalue weighted by atomic mass is 16.6. The Hall–Kier alpha value is -2.12. The molecule has 8 nitrogen and oxygen atoms in total. The molecule has 98 valence electrons. The van der Waals surface area contributed by atoms with Crippen molar-refractivity contribution in [3.05, 3.63) is 5.69 Å². The summed E-state index contributed by atoms with van der Waals surface area (Å²) in [4.78, 5) is 24.6. The lowest BCUT2D eigenvalue weighted by atomic mass is 10.0. The summed E-state index contributed by atoms with van der Waals surface area (Å²) in [6.45, 7) is 2.59. The van der Waals surface area contributed by atoms with Gasteiger partial charge in [-0.25, -0.2) is 4.63 Å². The third kappa shape index (κ3) is 2.58. The number of aromatic nitrogens is 2. The summed E-state index contributed by atoms with van der Waals surface area (Å²) in [6.07, 6.45) is 1.44. The zero-order valence-corrected chi connectivity index (χ0v) is 10.0. The molecule has 1 aliphatic heterocycles. The smallest absolute Gasteiger partial charge is 0.280 e. The van der Waals surface area contributed by atoms with Gasteiger partial charge in [-0.15, -0.1) is 0 Å². The molecule has 0 unspecified atom stereocenters. The van der Waals surface area contributed by atoms with Crippen molar-refractivity contribution in [3.63, 3.8) is 0 Å². The van der Waals surface area contributed by atoms with Crippen LogP contribution in [0.25, 0.3) is 0 Å². The lowest BCUT2D eigenvalue weighted by Gasteiger charge is -2.31. The highest BCUT2D eigenvalue weighted by molar-refractivity contribution is 5.96. The predicted molar refractivity (Wildman–Crippen MR) is 61.5 cm³/mol. The molecule has 0 aliphatic carbocycles. The van der Waals surface area contributed by atoms with E-state index in [2.05, 4.69) is 20.3 Å². The van der Waals surface area contributed by atoms with Gasteiger partial charge in [0.05, 0.1) is 0 Å². The summed E-state index contributed by atoms with van der Waals surface area (Å²) >= 11 is 0. The van der Waals surface area contributed by atoms with Crippen LogP contribution in [0.3, 0.4) is 0 Å². The van der Waals surface area contributed by atoms with Crippen LogP contribution in [-0.4, -0.2) is 46.2 Å². The van der Waals surface area contributed by atoms with Crippen molar-refractivity contribution in [2.45, 2.75) is 25.8 Å². The number of likely N-dealkylation sites (tertiary alicyclic amines) is 1. The number of carbonyl (C=O) groups is 2. The van der Waals surface area contributed by atoms with E-state index in [1.807, 2.05) is 0 Å². The van der Waals surface area contributed by atoms with Crippen molar-refractivity contribution in [1.82, 2.24) is 20.5 Å². The average Bonchev–Trinajstić information content (AvgIpc) is 2.75. The van der Waals surface area contributed by atoms with E-state index in [1.165, 1.54) is 6.92 Å². The molecule has 0 radical (unpaired) electrons. The van der Waals surface area contributed by atoms with Crippen molar-refractivity contribution in [2.75, 3.05) is 18.8 Å². The minimum absolute atomic E-state index is 0.00369. The van der Waals surface area contributed by atoms with Crippen LogP contribution in [0.15, 0.2) is 4.63 Å². The zero-order valence-electron chi connectivity index (χ0n) is 10.0. The van der Waals surface area contributed by atoms with E-state index in [1.54, 1.807) is 4.90 Å². The van der Waals surface area contributed by atoms with Gasteiger partial charge in [0.2, 0.25) is 17.4 Å². The molecule has 8 heteroatoms. The second-order valence-electron chi connectivity index (χ2n) is 4.27. The fourth-order valence-electron chi connectivity index (χ4n) is 2.01. The van der Waals surface area contributed by atoms with Gasteiger partial charge in [-0.3, -0.25) is 9.59 Å². The highest BCUT2D eigenvalue weighted by Crippen LogP contribution is 2.15. The van der Waals surface area contributed by atoms with Crippen LogP contribution in [0.2, 0.25) is 0 Å². The Morgan fingerprint density at radius 1 is 1.39 bits per heavy atom. The highest BCUT2D eigenvalue weighted by Gasteiger charge is 2.27. The van der Waals surface area contributed by atoms with Gasteiger partial charge < -0.3 is 16.0 Å². The minimum Gasteiger partial charge on any atom is -0.379 e. The molecule has 1 aromatic heterocycles. The topological polar surface area (TPSA) is 114 Å². The van der Waals surface area contributed by atoms with Crippen LogP contribution >= 0.6 is 0 Å². The van der Waals surface area contributed by atoms with Crippen LogP contribution in [0.1, 0.15) is 30.3 Å². The largest absolute Gasteiger partial charge is 0.379 e. The number of nitrogens with one attached hydrogen (secondary N) is 1. The molecule has 2 rings (SSSR count). The first-order valence-electron chi connectivity index (χ1n) is 5.72. The lowest BCUT2D eigenvalue weighted by molar-refractivity contribution is -0.119. The lowest BCUT2D eigenvalue weighted by Crippen LogP contribution is -2.46. The summed E-state index contributed by atoms with van der Waals surface area (Å²) in [7, 11) is 0. The Balaban J connectivity index is 1.92. The van der Waals surface area contributed by atoms with Gasteiger partial charge in [-0.05, 0) is 23.2 Å². The van der Waals surface area contributed by atoms with Crippen molar-refractivity contribution in [1.29, 1.82) is 0 Å². The molecule has 2 amide bonds. The monoisotopic (exact) mass is 253 g/mol. The van der Waals surface area contributed by atoms with E-state index in [-0.39, 0.29) is 29.4 Å². The van der Waals surface area contributed by atoms with Gasteiger partial charge in [0.1, 0.15) is 0 Å². The molecule has 0 atom stereocenters. The second kappa shape index (κ2) is 5.03. The first kappa shape index (κ1) is 12.3. The van der Waals surface area contributed by atoms with Crippen molar-refractivity contribution < 1.29 is 14.2 Å². The van der Waals surface area contributed by atoms with Gasteiger partial charge >= 0.3 is 0 Å². The first-order chi connectivity index (χ1) is 8.58. The number of hydrogen-bond acceptors (Lipinski definition) is 6. The second-order valence-corrected chi connectivity index (χ2v) is 4.27. The van der Waals surface area contributed by atoms with E-state index in [9.17, 15) is 9.59 Å². The number of amides is 2. The molecule has 1 saturated heterocycles. The van der Waals surface area contributed by atoms with Crippen LogP contribution in [0, 0.1) is 0 Å². The van der Waals surface area contributed by atoms with Gasteiger partial charge in [-0.1, -0.05) is 0 Å². The van der Waals surface area contributed by atoms with Crippen LogP contribution < -0.4 is 11.1 Å². The summed E-state index contributed by atoms with van der Waals surface area (Å²) in [5.41, 5.74) is 5.52. The Bertz CT molecular complexity index is 450. The molecule has 0 spiro atoms. The number of anilines is 1. The fourth-order valence-corrected chi connectivity index (χ4v) is 2.01. The van der Waals surface area contributed by atoms with Crippen molar-refractivity contribution >= 4 is 17.6 Å². The number of rotatable bonds is 2. The van der Waals surface area contributed by atoms with Crippen molar-refractivity contribution in [3.8, 4) is 0 Å². The maximum Gasteiger partial charge on any atom is 0.280 e. The SMILES string of the molecule is CC(=O)NC1CCN(C(=O)c2nonc2N)CC1. The Morgan fingerprint density at radius 3 is 2.56 bits per heavy atom. The van der Waals surface area contributed by atoms with Gasteiger partial charge in [0.15, 0.2) is 0 Å². The number of hydrogen-bond donors (Lipinski definition) is 2. The molecule has 1 aliphatic rings. The molecule has 18 heavy (non-hydrogen) atoms. The Morgan fingerprint density at radius 2 is 2.06 bits per heavy atom. The molecular weight excluding hydrogens is 238 g/mol. The van der Waals surface area contributed by atoms with E-state index in [4.69, 9.17) is 5.73 Å². The van der Waals surface area contributed by atoms with Gasteiger partial charge in [0.25, 0.3) is 5.91 Å². The number of nitrogens with two attached hydrogens (primary N) is 1. The fraction of sp³-hybridized carbons (Fsp3) is 0.600. The van der Waals surface area contributed by atoms with Crippen LogP contribution in [0.4, 0.5) is 5.82 Å². The normalized spacial score (nSPS) is 16.6. The maximum atomic E-state index is 12.0. The first-order valence-corrected chi connectivity index (χ1v) is 5.72. The summed E-state index contributed by atoms with van der Waals surface area (Å²) in [5, 5.41) is 9.70. The van der Waals surface area contributed by atoms with E-state index in [0.29, 0.717) is 13.1 Å². The quantitative estimate of drug-likeness (QED) is 0.726. The van der Waals surface area contributed by atoms with Crippen LogP contribution in [-0.2, 0) is 4.79 Å².